The van der Waals surface area contributed by atoms with Crippen LogP contribution in [0.2, 0.25) is 0 Å². The molecule has 0 bridgehead atoms. The average Bonchev–Trinajstić information content (AvgIpc) is 3.42. The molecular formula is C19H16F4N2O3. The van der Waals surface area contributed by atoms with E-state index in [2.05, 4.69) is 15.4 Å². The van der Waals surface area contributed by atoms with Crippen LogP contribution in [0.1, 0.15) is 18.4 Å². The van der Waals surface area contributed by atoms with Crippen molar-refractivity contribution in [1.29, 1.82) is 0 Å². The van der Waals surface area contributed by atoms with E-state index in [-0.39, 0.29) is 23.5 Å². The van der Waals surface area contributed by atoms with Gasteiger partial charge in [-0.15, -0.1) is 13.2 Å². The monoisotopic (exact) mass is 396 g/mol. The quantitative estimate of drug-likeness (QED) is 0.601. The van der Waals surface area contributed by atoms with Crippen LogP contribution in [0.3, 0.4) is 0 Å². The van der Waals surface area contributed by atoms with Gasteiger partial charge >= 0.3 is 18.2 Å². The fraction of sp³-hybridized carbons (Fsp3) is 0.263. The van der Waals surface area contributed by atoms with Gasteiger partial charge in [-0.3, -0.25) is 9.59 Å². The molecule has 1 aliphatic rings. The molecule has 0 unspecified atom stereocenters. The molecule has 1 fully saturated rings. The number of hydrogen-bond donors (Lipinski definition) is 2. The van der Waals surface area contributed by atoms with Crippen molar-refractivity contribution in [3.63, 3.8) is 0 Å². The molecule has 148 valence electrons. The van der Waals surface area contributed by atoms with E-state index in [0.29, 0.717) is 0 Å². The van der Waals surface area contributed by atoms with E-state index < -0.39 is 23.9 Å². The van der Waals surface area contributed by atoms with Gasteiger partial charge in [0.1, 0.15) is 11.6 Å². The number of hydrogen-bond acceptors (Lipinski definition) is 3. The zero-order valence-corrected chi connectivity index (χ0v) is 14.5. The minimum atomic E-state index is -4.81. The van der Waals surface area contributed by atoms with Crippen LogP contribution < -0.4 is 15.4 Å². The highest BCUT2D eigenvalue weighted by Gasteiger charge is 2.44. The van der Waals surface area contributed by atoms with Gasteiger partial charge in [0, 0.05) is 17.6 Å². The largest absolute Gasteiger partial charge is 0.573 e. The Hall–Kier alpha value is -3.10. The van der Waals surface area contributed by atoms with Gasteiger partial charge in [-0.2, -0.15) is 0 Å². The van der Waals surface area contributed by atoms with E-state index >= 15 is 0 Å². The third-order valence-corrected chi connectivity index (χ3v) is 4.45. The Morgan fingerprint density at radius 1 is 0.964 bits per heavy atom. The molecule has 0 saturated heterocycles. The van der Waals surface area contributed by atoms with Crippen LogP contribution in [0, 0.1) is 5.82 Å². The molecule has 0 radical (unpaired) electrons. The molecule has 2 aromatic rings. The highest BCUT2D eigenvalue weighted by molar-refractivity contribution is 6.39. The first-order chi connectivity index (χ1) is 13.2. The standard InChI is InChI=1S/C19H16F4N2O3/c20-13-3-1-12(2-4-13)18(9-10-18)11-24-16(26)17(27)25-14-5-7-15(8-6-14)28-19(21,22)23/h1-8H,9-11H2,(H,24,26)(H,25,27). The first-order valence-electron chi connectivity index (χ1n) is 8.38. The minimum Gasteiger partial charge on any atom is -0.406 e. The van der Waals surface area contributed by atoms with Crippen LogP contribution in [0.15, 0.2) is 48.5 Å². The number of alkyl halides is 3. The molecular weight excluding hydrogens is 380 g/mol. The Balaban J connectivity index is 1.52. The molecule has 0 aliphatic heterocycles. The van der Waals surface area contributed by atoms with Gasteiger partial charge in [0.25, 0.3) is 0 Å². The highest BCUT2D eigenvalue weighted by atomic mass is 19.4. The molecule has 0 spiro atoms. The Morgan fingerprint density at radius 2 is 1.57 bits per heavy atom. The van der Waals surface area contributed by atoms with E-state index in [4.69, 9.17) is 0 Å². The van der Waals surface area contributed by atoms with Gasteiger partial charge in [-0.05, 0) is 54.8 Å². The molecule has 28 heavy (non-hydrogen) atoms. The average molecular weight is 396 g/mol. The summed E-state index contributed by atoms with van der Waals surface area (Å²) in [7, 11) is 0. The Kier molecular flexibility index (Phi) is 5.26. The smallest absolute Gasteiger partial charge is 0.406 e. The van der Waals surface area contributed by atoms with Crippen LogP contribution >= 0.6 is 0 Å². The zero-order valence-electron chi connectivity index (χ0n) is 14.5. The molecule has 2 aromatic carbocycles. The molecule has 2 N–H and O–H groups in total. The van der Waals surface area contributed by atoms with Crippen LogP contribution in [-0.4, -0.2) is 24.7 Å². The number of carbonyl (C=O) groups excluding carboxylic acids is 2. The number of amides is 2. The summed E-state index contributed by atoms with van der Waals surface area (Å²) < 4.78 is 53.1. The maximum Gasteiger partial charge on any atom is 0.573 e. The lowest BCUT2D eigenvalue weighted by Crippen LogP contribution is -2.39. The van der Waals surface area contributed by atoms with Gasteiger partial charge in [-0.1, -0.05) is 12.1 Å². The molecule has 0 atom stereocenters. The summed E-state index contributed by atoms with van der Waals surface area (Å²) in [6.45, 7) is 0.225. The molecule has 0 aromatic heterocycles. The van der Waals surface area contributed by atoms with Gasteiger partial charge in [0.15, 0.2) is 0 Å². The van der Waals surface area contributed by atoms with Crippen LogP contribution in [-0.2, 0) is 15.0 Å². The first-order valence-corrected chi connectivity index (χ1v) is 8.38. The number of nitrogens with one attached hydrogen (secondary N) is 2. The second kappa shape index (κ2) is 7.49. The van der Waals surface area contributed by atoms with Crippen molar-refractivity contribution < 1.29 is 31.9 Å². The lowest BCUT2D eigenvalue weighted by atomic mass is 9.96. The number of anilines is 1. The third-order valence-electron chi connectivity index (χ3n) is 4.45. The second-order valence-corrected chi connectivity index (χ2v) is 6.50. The topological polar surface area (TPSA) is 67.4 Å². The fourth-order valence-electron chi connectivity index (χ4n) is 2.78. The Labute approximate surface area is 157 Å². The minimum absolute atomic E-state index is 0.148. The van der Waals surface area contributed by atoms with Crippen molar-refractivity contribution in [3.8, 4) is 5.75 Å². The SMILES string of the molecule is O=C(NCC1(c2ccc(F)cc2)CC1)C(=O)Nc1ccc(OC(F)(F)F)cc1. The first kappa shape index (κ1) is 19.7. The van der Waals surface area contributed by atoms with Crippen molar-refractivity contribution >= 4 is 17.5 Å². The number of carbonyl (C=O) groups is 2. The van der Waals surface area contributed by atoms with Crippen molar-refractivity contribution in [2.75, 3.05) is 11.9 Å². The fourth-order valence-corrected chi connectivity index (χ4v) is 2.78. The number of benzene rings is 2. The lowest BCUT2D eigenvalue weighted by Gasteiger charge is -2.16. The lowest BCUT2D eigenvalue weighted by molar-refractivity contribution is -0.274. The highest BCUT2D eigenvalue weighted by Crippen LogP contribution is 2.47. The summed E-state index contributed by atoms with van der Waals surface area (Å²) in [6.07, 6.45) is -3.20. The zero-order chi connectivity index (χ0) is 20.4. The van der Waals surface area contributed by atoms with Crippen molar-refractivity contribution in [2.45, 2.75) is 24.6 Å². The molecule has 9 heteroatoms. The van der Waals surface area contributed by atoms with Gasteiger partial charge in [-0.25, -0.2) is 4.39 Å². The summed E-state index contributed by atoms with van der Waals surface area (Å²) in [4.78, 5) is 24.0. The van der Waals surface area contributed by atoms with Gasteiger partial charge < -0.3 is 15.4 Å². The summed E-state index contributed by atoms with van der Waals surface area (Å²) in [5.41, 5.74) is 0.726. The van der Waals surface area contributed by atoms with Crippen LogP contribution in [0.4, 0.5) is 23.2 Å². The third kappa shape index (κ3) is 4.99. The second-order valence-electron chi connectivity index (χ2n) is 6.50. The van der Waals surface area contributed by atoms with E-state index in [9.17, 15) is 27.2 Å². The van der Waals surface area contributed by atoms with Crippen LogP contribution in [0.5, 0.6) is 5.75 Å². The van der Waals surface area contributed by atoms with E-state index in [1.165, 1.54) is 24.3 Å². The molecule has 1 aliphatic carbocycles. The van der Waals surface area contributed by atoms with E-state index in [1.807, 2.05) is 0 Å². The van der Waals surface area contributed by atoms with Crippen molar-refractivity contribution in [1.82, 2.24) is 5.32 Å². The predicted molar refractivity (Wildman–Crippen MR) is 92.1 cm³/mol. The number of ether oxygens (including phenoxy) is 1. The molecule has 3 rings (SSSR count). The normalized spacial score (nSPS) is 14.9. The molecule has 1 saturated carbocycles. The maximum absolute atomic E-state index is 13.0. The molecule has 0 heterocycles. The van der Waals surface area contributed by atoms with Gasteiger partial charge in [0.05, 0.1) is 0 Å². The van der Waals surface area contributed by atoms with Crippen molar-refractivity contribution in [2.24, 2.45) is 0 Å². The van der Waals surface area contributed by atoms with E-state index in [1.54, 1.807) is 12.1 Å². The van der Waals surface area contributed by atoms with Crippen molar-refractivity contribution in [3.05, 3.63) is 59.9 Å². The Bertz CT molecular complexity index is 860. The van der Waals surface area contributed by atoms with Crippen LogP contribution in [0.25, 0.3) is 0 Å². The summed E-state index contributed by atoms with van der Waals surface area (Å²) in [5.74, 6) is -2.61. The predicted octanol–water partition coefficient (Wildman–Crippen LogP) is 3.51. The van der Waals surface area contributed by atoms with Gasteiger partial charge in [0.2, 0.25) is 0 Å². The summed E-state index contributed by atoms with van der Waals surface area (Å²) in [6, 6.07) is 10.4. The molecule has 5 nitrogen and oxygen atoms in total. The summed E-state index contributed by atoms with van der Waals surface area (Å²) >= 11 is 0. The summed E-state index contributed by atoms with van der Waals surface area (Å²) in [5, 5.41) is 4.84. The van der Waals surface area contributed by atoms with E-state index in [0.717, 1.165) is 30.5 Å². The number of halogens is 4. The Morgan fingerprint density at radius 3 is 2.11 bits per heavy atom. The number of rotatable bonds is 5. The molecule has 2 amide bonds. The maximum atomic E-state index is 13.0.